The molecule has 3 aromatic carbocycles. The zero-order valence-corrected chi connectivity index (χ0v) is 27.3. The number of piperidine rings is 1. The molecule has 4 heterocycles. The number of benzene rings is 3. The molecule has 1 unspecified atom stereocenters. The molecule has 0 aliphatic carbocycles. The Morgan fingerprint density at radius 1 is 1.04 bits per heavy atom. The molecule has 8 nitrogen and oxygen atoms in total. The van der Waals surface area contributed by atoms with E-state index in [1.54, 1.807) is 4.90 Å². The number of thiazole rings is 1. The minimum Gasteiger partial charge on any atom is -0.393 e. The Kier molecular flexibility index (Phi) is 8.15. The van der Waals surface area contributed by atoms with Crippen molar-refractivity contribution in [2.75, 3.05) is 4.90 Å². The van der Waals surface area contributed by atoms with Gasteiger partial charge in [0.1, 0.15) is 11.6 Å². The van der Waals surface area contributed by atoms with Gasteiger partial charge in [0.15, 0.2) is 16.8 Å². The summed E-state index contributed by atoms with van der Waals surface area (Å²) in [5.41, 5.74) is 12.9. The number of carbonyl (C=O) groups excluding carboxylic acids is 1. The first-order valence-corrected chi connectivity index (χ1v) is 16.5. The smallest absolute Gasteiger partial charge is 0.227 e. The Labute approximate surface area is 278 Å². The second-order valence-corrected chi connectivity index (χ2v) is 13.0. The molecular formula is C35H30F2N6O2S2. The summed E-state index contributed by atoms with van der Waals surface area (Å²) in [5, 5.41) is 6.78. The van der Waals surface area contributed by atoms with E-state index < -0.39 is 17.7 Å². The summed E-state index contributed by atoms with van der Waals surface area (Å²) in [6.07, 6.45) is 2.92. The van der Waals surface area contributed by atoms with Crippen LogP contribution in [-0.2, 0) is 11.2 Å². The van der Waals surface area contributed by atoms with Crippen LogP contribution in [-0.4, -0.2) is 30.6 Å². The van der Waals surface area contributed by atoms with Gasteiger partial charge in [0.25, 0.3) is 0 Å². The number of hydrogen-bond donors (Lipinski definition) is 1. The van der Waals surface area contributed by atoms with Crippen LogP contribution in [0.15, 0.2) is 70.6 Å². The highest BCUT2D eigenvalue weighted by Crippen LogP contribution is 2.40. The summed E-state index contributed by atoms with van der Waals surface area (Å²) in [5.74, 6) is -0.885. The van der Waals surface area contributed by atoms with E-state index in [2.05, 4.69) is 5.16 Å². The number of halogens is 2. The number of thiocarbonyl (C=S) groups is 1. The van der Waals surface area contributed by atoms with E-state index in [1.807, 2.05) is 66.3 Å². The third-order valence-corrected chi connectivity index (χ3v) is 9.55. The van der Waals surface area contributed by atoms with Gasteiger partial charge in [0.05, 0.1) is 33.5 Å². The monoisotopic (exact) mass is 668 g/mol. The van der Waals surface area contributed by atoms with E-state index in [0.29, 0.717) is 52.9 Å². The number of anilines is 1. The van der Waals surface area contributed by atoms with Crippen LogP contribution < -0.4 is 10.6 Å². The van der Waals surface area contributed by atoms with Gasteiger partial charge in [-0.2, -0.15) is 0 Å². The molecule has 1 fully saturated rings. The molecule has 1 atom stereocenters. The molecule has 6 aromatic rings. The minimum absolute atomic E-state index is 0.183. The first-order chi connectivity index (χ1) is 22.7. The largest absolute Gasteiger partial charge is 0.393 e. The second kappa shape index (κ2) is 12.4. The van der Waals surface area contributed by atoms with E-state index >= 15 is 0 Å². The summed E-state index contributed by atoms with van der Waals surface area (Å²) < 4.78 is 35.8. The van der Waals surface area contributed by atoms with Crippen LogP contribution in [0.1, 0.15) is 54.6 Å². The van der Waals surface area contributed by atoms with Crippen LogP contribution in [0.2, 0.25) is 0 Å². The van der Waals surface area contributed by atoms with Gasteiger partial charge in [0, 0.05) is 41.1 Å². The van der Waals surface area contributed by atoms with E-state index in [-0.39, 0.29) is 11.6 Å². The van der Waals surface area contributed by atoms with Gasteiger partial charge in [0.2, 0.25) is 5.91 Å². The zero-order chi connectivity index (χ0) is 32.8. The highest BCUT2D eigenvalue weighted by molar-refractivity contribution is 7.80. The lowest BCUT2D eigenvalue weighted by molar-refractivity contribution is -0.120. The van der Waals surface area contributed by atoms with Crippen molar-refractivity contribution >= 4 is 51.2 Å². The second-order valence-electron chi connectivity index (χ2n) is 11.7. The lowest BCUT2D eigenvalue weighted by Gasteiger charge is -2.35. The quantitative estimate of drug-likeness (QED) is 0.163. The van der Waals surface area contributed by atoms with Gasteiger partial charge in [-0.05, 0) is 68.5 Å². The third kappa shape index (κ3) is 5.83. The molecule has 7 rings (SSSR count). The summed E-state index contributed by atoms with van der Waals surface area (Å²) >= 11 is 6.49. The number of carbonyl (C=O) groups is 1. The highest BCUT2D eigenvalue weighted by Gasteiger charge is 2.35. The van der Waals surface area contributed by atoms with Crippen LogP contribution in [0, 0.1) is 25.5 Å². The summed E-state index contributed by atoms with van der Waals surface area (Å²) in [6, 6.07) is 17.1. The Hall–Kier alpha value is -4.81. The number of nitrogens with zero attached hydrogens (tertiary/aromatic N) is 5. The molecule has 3 aromatic heterocycles. The number of rotatable bonds is 8. The molecule has 0 radical (unpaired) electrons. The third-order valence-electron chi connectivity index (χ3n) is 8.52. The van der Waals surface area contributed by atoms with Crippen molar-refractivity contribution in [3.8, 4) is 27.5 Å². The molecule has 1 saturated heterocycles. The maximum absolute atomic E-state index is 14.4. The number of fused-ring (bicyclic) bond motifs is 1. The Balaban J connectivity index is 1.36. The summed E-state index contributed by atoms with van der Waals surface area (Å²) in [7, 11) is 0. The van der Waals surface area contributed by atoms with Crippen molar-refractivity contribution in [3.05, 3.63) is 101 Å². The molecule has 0 saturated carbocycles. The van der Waals surface area contributed by atoms with Crippen LogP contribution in [0.5, 0.6) is 0 Å². The SMILES string of the molecule is Cc1noc(C)c1-c1ccc2c(c1)nc(C1CCCC(=O)N1c1ccc(F)c(F)c1)n2-c1nc(-c2ccc(CCC(N)=S)cc2)cs1. The molecule has 238 valence electrons. The predicted octanol–water partition coefficient (Wildman–Crippen LogP) is 8.18. The first-order valence-electron chi connectivity index (χ1n) is 15.2. The highest BCUT2D eigenvalue weighted by atomic mass is 32.1. The van der Waals surface area contributed by atoms with Crippen LogP contribution in [0.3, 0.4) is 0 Å². The molecule has 1 aliphatic rings. The van der Waals surface area contributed by atoms with Crippen molar-refractivity contribution in [1.29, 1.82) is 0 Å². The fourth-order valence-electron chi connectivity index (χ4n) is 6.26. The molecule has 12 heteroatoms. The topological polar surface area (TPSA) is 103 Å². The Morgan fingerprint density at radius 2 is 1.83 bits per heavy atom. The standard InChI is InChI=1S/C35H30F2N6O2S2/c1-19-33(20(2)45-41-19)23-11-14-29-27(16-23)39-34(30-4-3-5-32(44)42(30)24-12-13-25(36)26(37)17-24)43(29)35-40-28(18-47-35)22-9-6-21(7-10-22)8-15-31(38)46/h6-7,9-14,16-18,30H,3-5,8,15H2,1-2H3,(H2,38,46). The van der Waals surface area contributed by atoms with Crippen LogP contribution in [0.25, 0.3) is 38.5 Å². The predicted molar refractivity (Wildman–Crippen MR) is 183 cm³/mol. The molecule has 0 spiro atoms. The summed E-state index contributed by atoms with van der Waals surface area (Å²) in [4.78, 5) is 25.6. The number of hydrogen-bond acceptors (Lipinski definition) is 7. The van der Waals surface area contributed by atoms with Crippen LogP contribution in [0.4, 0.5) is 14.5 Å². The maximum Gasteiger partial charge on any atom is 0.227 e. The van der Waals surface area contributed by atoms with Crippen molar-refractivity contribution in [2.24, 2.45) is 5.73 Å². The van der Waals surface area contributed by atoms with Crippen LogP contribution >= 0.6 is 23.6 Å². The Bertz CT molecular complexity index is 2130. The molecule has 1 aliphatic heterocycles. The molecule has 1 amide bonds. The molecular weight excluding hydrogens is 639 g/mol. The number of aryl methyl sites for hydroxylation is 3. The first kappa shape index (κ1) is 30.8. The zero-order valence-electron chi connectivity index (χ0n) is 25.7. The van der Waals surface area contributed by atoms with Gasteiger partial charge in [-0.15, -0.1) is 11.3 Å². The number of aromatic nitrogens is 4. The van der Waals surface area contributed by atoms with Crippen molar-refractivity contribution < 1.29 is 18.1 Å². The van der Waals surface area contributed by atoms with E-state index in [0.717, 1.165) is 57.7 Å². The van der Waals surface area contributed by atoms with E-state index in [4.69, 9.17) is 32.4 Å². The molecule has 47 heavy (non-hydrogen) atoms. The van der Waals surface area contributed by atoms with Gasteiger partial charge in [-0.25, -0.2) is 18.7 Å². The van der Waals surface area contributed by atoms with E-state index in [1.165, 1.54) is 17.4 Å². The maximum atomic E-state index is 14.4. The fraction of sp³-hybridized carbons (Fsp3) is 0.229. The molecule has 2 N–H and O–H groups in total. The van der Waals surface area contributed by atoms with Crippen molar-refractivity contribution in [1.82, 2.24) is 19.7 Å². The van der Waals surface area contributed by atoms with Crippen molar-refractivity contribution in [2.45, 2.75) is 52.0 Å². The average Bonchev–Trinajstić information content (AvgIpc) is 3.78. The van der Waals surface area contributed by atoms with Gasteiger partial charge in [-0.3, -0.25) is 9.36 Å². The van der Waals surface area contributed by atoms with Gasteiger partial charge >= 0.3 is 0 Å². The number of imidazole rings is 1. The normalized spacial score (nSPS) is 15.1. The number of nitrogens with two attached hydrogens (primary N) is 1. The lowest BCUT2D eigenvalue weighted by Crippen LogP contribution is -2.39. The lowest BCUT2D eigenvalue weighted by atomic mass is 9.99. The summed E-state index contributed by atoms with van der Waals surface area (Å²) in [6.45, 7) is 3.76. The average molecular weight is 669 g/mol. The minimum atomic E-state index is -1.02. The molecule has 0 bridgehead atoms. The van der Waals surface area contributed by atoms with Gasteiger partial charge < -0.3 is 15.2 Å². The van der Waals surface area contributed by atoms with Gasteiger partial charge in [-0.1, -0.05) is 47.7 Å². The fourth-order valence-corrected chi connectivity index (χ4v) is 7.21. The van der Waals surface area contributed by atoms with E-state index in [9.17, 15) is 13.6 Å². The number of amides is 1. The van der Waals surface area contributed by atoms with Crippen molar-refractivity contribution in [3.63, 3.8) is 0 Å². The Morgan fingerprint density at radius 3 is 2.55 bits per heavy atom.